The Balaban J connectivity index is 0.00000544. The molecule has 33 heavy (non-hydrogen) atoms. The first kappa shape index (κ1) is 29.0. The third-order valence-corrected chi connectivity index (χ3v) is 5.82. The van der Waals surface area contributed by atoms with Crippen LogP contribution < -0.4 is 15.9 Å². The molecule has 0 spiro atoms. The van der Waals surface area contributed by atoms with Crippen LogP contribution in [-0.4, -0.2) is 28.4 Å². The predicted molar refractivity (Wildman–Crippen MR) is 135 cm³/mol. The van der Waals surface area contributed by atoms with Gasteiger partial charge in [-0.15, -0.1) is 23.7 Å². The molecule has 0 bridgehead atoms. The minimum absolute atomic E-state index is 0. The Bertz CT molecular complexity index is 1060. The topological polar surface area (TPSA) is 116 Å². The van der Waals surface area contributed by atoms with Crippen molar-refractivity contribution >= 4 is 63.1 Å². The van der Waals surface area contributed by atoms with Gasteiger partial charge < -0.3 is 15.8 Å². The van der Waals surface area contributed by atoms with Gasteiger partial charge in [0.2, 0.25) is 5.91 Å². The molecule has 1 heterocycles. The number of benzene rings is 1. The molecule has 11 heteroatoms. The SMILES string of the molecule is CC(C)C(N)C(=O)OCn1ccs/c1=N\C(=O)c1ccc(NC(=O)CC(C)(C)C)c(Br)c1.Cl. The number of aromatic nitrogens is 1. The van der Waals surface area contributed by atoms with E-state index in [4.69, 9.17) is 10.5 Å². The molecule has 0 saturated carbocycles. The van der Waals surface area contributed by atoms with Gasteiger partial charge in [-0.1, -0.05) is 34.6 Å². The van der Waals surface area contributed by atoms with Crippen molar-refractivity contribution in [3.63, 3.8) is 0 Å². The number of hydrogen-bond acceptors (Lipinski definition) is 6. The van der Waals surface area contributed by atoms with Gasteiger partial charge in [0.05, 0.1) is 5.69 Å². The number of hydrogen-bond donors (Lipinski definition) is 2. The third kappa shape index (κ3) is 9.04. The Labute approximate surface area is 212 Å². The second-order valence-electron chi connectivity index (χ2n) is 8.91. The van der Waals surface area contributed by atoms with Crippen LogP contribution in [0.15, 0.2) is 39.2 Å². The zero-order valence-electron chi connectivity index (χ0n) is 19.3. The molecule has 1 unspecified atom stereocenters. The van der Waals surface area contributed by atoms with E-state index in [-0.39, 0.29) is 36.4 Å². The normalized spacial score (nSPS) is 12.8. The fourth-order valence-corrected chi connectivity index (χ4v) is 3.76. The number of nitrogens with one attached hydrogen (secondary N) is 1. The highest BCUT2D eigenvalue weighted by molar-refractivity contribution is 9.10. The van der Waals surface area contributed by atoms with Crippen molar-refractivity contribution < 1.29 is 19.1 Å². The summed E-state index contributed by atoms with van der Waals surface area (Å²) < 4.78 is 7.37. The molecule has 1 aromatic heterocycles. The summed E-state index contributed by atoms with van der Waals surface area (Å²) >= 11 is 4.65. The highest BCUT2D eigenvalue weighted by Crippen LogP contribution is 2.26. The first-order valence-electron chi connectivity index (χ1n) is 10.1. The molecule has 0 aliphatic carbocycles. The maximum atomic E-state index is 12.7. The van der Waals surface area contributed by atoms with Crippen molar-refractivity contribution in [1.82, 2.24) is 4.57 Å². The number of rotatable bonds is 7. The molecule has 182 valence electrons. The van der Waals surface area contributed by atoms with Gasteiger partial charge in [0.25, 0.3) is 5.91 Å². The minimum atomic E-state index is -0.712. The van der Waals surface area contributed by atoms with Crippen LogP contribution in [0.2, 0.25) is 0 Å². The first-order valence-corrected chi connectivity index (χ1v) is 11.8. The van der Waals surface area contributed by atoms with Crippen molar-refractivity contribution in [2.75, 3.05) is 5.32 Å². The molecule has 2 aromatic rings. The Hall–Kier alpha value is -2.01. The molecule has 0 radical (unpaired) electrons. The van der Waals surface area contributed by atoms with E-state index < -0.39 is 17.9 Å². The molecule has 0 fully saturated rings. The monoisotopic (exact) mass is 560 g/mol. The van der Waals surface area contributed by atoms with Gasteiger partial charge in [-0.3, -0.25) is 19.0 Å². The van der Waals surface area contributed by atoms with Crippen LogP contribution in [0.4, 0.5) is 5.69 Å². The average Bonchev–Trinajstić information content (AvgIpc) is 3.12. The van der Waals surface area contributed by atoms with E-state index >= 15 is 0 Å². The molecule has 1 aromatic carbocycles. The summed E-state index contributed by atoms with van der Waals surface area (Å²) in [6.07, 6.45) is 2.05. The summed E-state index contributed by atoms with van der Waals surface area (Å²) in [7, 11) is 0. The maximum absolute atomic E-state index is 12.7. The molecule has 0 aliphatic rings. The van der Waals surface area contributed by atoms with Gasteiger partial charge >= 0.3 is 5.97 Å². The van der Waals surface area contributed by atoms with E-state index in [9.17, 15) is 14.4 Å². The lowest BCUT2D eigenvalue weighted by Crippen LogP contribution is -2.37. The molecule has 3 N–H and O–H groups in total. The highest BCUT2D eigenvalue weighted by atomic mass is 79.9. The van der Waals surface area contributed by atoms with Gasteiger partial charge in [0.15, 0.2) is 11.5 Å². The van der Waals surface area contributed by atoms with Crippen molar-refractivity contribution in [2.24, 2.45) is 22.1 Å². The van der Waals surface area contributed by atoms with E-state index in [0.717, 1.165) is 0 Å². The number of halogens is 2. The van der Waals surface area contributed by atoms with Gasteiger partial charge in [0, 0.05) is 28.0 Å². The van der Waals surface area contributed by atoms with Crippen LogP contribution in [-0.2, 0) is 21.1 Å². The number of amides is 2. The highest BCUT2D eigenvalue weighted by Gasteiger charge is 2.19. The number of nitrogens with two attached hydrogens (primary N) is 1. The summed E-state index contributed by atoms with van der Waals surface area (Å²) in [6.45, 7) is 9.55. The van der Waals surface area contributed by atoms with Crippen LogP contribution in [0.1, 0.15) is 51.4 Å². The number of thiazole rings is 1. The molecule has 2 rings (SSSR count). The lowest BCUT2D eigenvalue weighted by atomic mass is 9.92. The van der Waals surface area contributed by atoms with Gasteiger partial charge in [-0.05, 0) is 45.5 Å². The van der Waals surface area contributed by atoms with Crippen LogP contribution in [0, 0.1) is 11.3 Å². The molecular formula is C22H30BrClN4O4S. The van der Waals surface area contributed by atoms with E-state index in [0.29, 0.717) is 26.9 Å². The average molecular weight is 562 g/mol. The van der Waals surface area contributed by atoms with Crippen LogP contribution in [0.5, 0.6) is 0 Å². The number of ether oxygens (including phenoxy) is 1. The summed E-state index contributed by atoms with van der Waals surface area (Å²) in [5.41, 5.74) is 6.59. The summed E-state index contributed by atoms with van der Waals surface area (Å²) in [4.78, 5) is 41.3. The Morgan fingerprint density at radius 2 is 1.94 bits per heavy atom. The number of carbonyl (C=O) groups excluding carboxylic acids is 3. The van der Waals surface area contributed by atoms with Crippen molar-refractivity contribution in [3.8, 4) is 0 Å². The number of esters is 1. The summed E-state index contributed by atoms with van der Waals surface area (Å²) in [6, 6.07) is 4.16. The fourth-order valence-electron chi connectivity index (χ4n) is 2.56. The second-order valence-corrected chi connectivity index (χ2v) is 10.6. The molecule has 8 nitrogen and oxygen atoms in total. The number of nitrogens with zero attached hydrogens (tertiary/aromatic N) is 2. The second kappa shape index (κ2) is 12.5. The van der Waals surface area contributed by atoms with Gasteiger partial charge in [-0.25, -0.2) is 0 Å². The Kier molecular flexibility index (Phi) is 11.0. The molecule has 2 amide bonds. The minimum Gasteiger partial charge on any atom is -0.443 e. The lowest BCUT2D eigenvalue weighted by Gasteiger charge is -2.17. The van der Waals surface area contributed by atoms with Crippen LogP contribution >= 0.6 is 39.7 Å². The predicted octanol–water partition coefficient (Wildman–Crippen LogP) is 4.33. The van der Waals surface area contributed by atoms with Crippen molar-refractivity contribution in [2.45, 2.75) is 53.8 Å². The fraction of sp³-hybridized carbons (Fsp3) is 0.455. The van der Waals surface area contributed by atoms with E-state index in [1.54, 1.807) is 34.3 Å². The summed E-state index contributed by atoms with van der Waals surface area (Å²) in [5.74, 6) is -1.11. The van der Waals surface area contributed by atoms with Crippen LogP contribution in [0.25, 0.3) is 0 Å². The van der Waals surface area contributed by atoms with E-state index in [2.05, 4.69) is 26.2 Å². The van der Waals surface area contributed by atoms with E-state index in [1.807, 2.05) is 34.6 Å². The summed E-state index contributed by atoms with van der Waals surface area (Å²) in [5, 5.41) is 4.59. The first-order chi connectivity index (χ1) is 14.9. The molecule has 0 aliphatic heterocycles. The van der Waals surface area contributed by atoms with E-state index in [1.165, 1.54) is 11.3 Å². The standard InChI is InChI=1S/C22H29BrN4O4S.ClH/c1-13(2)18(24)20(30)31-12-27-8-9-32-21(27)26-19(29)14-6-7-16(15(23)10-14)25-17(28)11-22(3,4)5;/h6-10,13,18H,11-12,24H2,1-5H3,(H,25,28);1H/b26-21-;. The number of carbonyl (C=O) groups is 3. The van der Waals surface area contributed by atoms with Crippen molar-refractivity contribution in [3.05, 3.63) is 44.6 Å². The molecule has 1 atom stereocenters. The Morgan fingerprint density at radius 1 is 1.27 bits per heavy atom. The molecule has 0 saturated heterocycles. The smallest absolute Gasteiger partial charge is 0.324 e. The zero-order chi connectivity index (χ0) is 24.1. The van der Waals surface area contributed by atoms with Crippen molar-refractivity contribution in [1.29, 1.82) is 0 Å². The number of anilines is 1. The lowest BCUT2D eigenvalue weighted by molar-refractivity contribution is -0.150. The van der Waals surface area contributed by atoms with Crippen LogP contribution in [0.3, 0.4) is 0 Å². The van der Waals surface area contributed by atoms with Gasteiger partial charge in [-0.2, -0.15) is 4.99 Å². The zero-order valence-corrected chi connectivity index (χ0v) is 22.5. The van der Waals surface area contributed by atoms with Gasteiger partial charge in [0.1, 0.15) is 6.04 Å². The third-order valence-electron chi connectivity index (χ3n) is 4.37. The largest absolute Gasteiger partial charge is 0.443 e. The Morgan fingerprint density at radius 3 is 2.52 bits per heavy atom. The quantitative estimate of drug-likeness (QED) is 0.488. The maximum Gasteiger partial charge on any atom is 0.324 e. The molecular weight excluding hydrogens is 532 g/mol.